The number of anilines is 3. The molecule has 4 aromatic rings. The van der Waals surface area contributed by atoms with Crippen LogP contribution in [0.5, 0.6) is 0 Å². The zero-order chi connectivity index (χ0) is 22.4. The number of nitrogens with one attached hydrogen (secondary N) is 1. The highest BCUT2D eigenvalue weighted by molar-refractivity contribution is 5.95. The summed E-state index contributed by atoms with van der Waals surface area (Å²) in [6.07, 6.45) is 5.53. The molecule has 1 aliphatic heterocycles. The number of aromatic nitrogens is 3. The molecule has 162 valence electrons. The molecular formula is C26H22N6O. The number of nitriles is 1. The Bertz CT molecular complexity index is 1400. The highest BCUT2D eigenvalue weighted by atomic mass is 16.3. The van der Waals surface area contributed by atoms with Gasteiger partial charge in [0.25, 0.3) is 0 Å². The number of pyridine rings is 3. The number of hydrogen-bond acceptors (Lipinski definition) is 7. The first-order valence-electron chi connectivity index (χ1n) is 11.1. The van der Waals surface area contributed by atoms with Gasteiger partial charge >= 0.3 is 0 Å². The largest absolute Gasteiger partial charge is 0.389 e. The molecule has 4 heterocycles. The minimum atomic E-state index is -0.288. The summed E-state index contributed by atoms with van der Waals surface area (Å²) in [6, 6.07) is 18.1. The third-order valence-corrected chi connectivity index (χ3v) is 6.24. The van der Waals surface area contributed by atoms with E-state index in [2.05, 4.69) is 56.6 Å². The second kappa shape index (κ2) is 7.84. The molecule has 2 aliphatic rings. The number of nitrogens with zero attached hydrogens (tertiary/aromatic N) is 5. The molecule has 0 amide bonds. The fraction of sp³-hybridized carbons (Fsp3) is 0.231. The average molecular weight is 435 g/mol. The number of rotatable bonds is 5. The van der Waals surface area contributed by atoms with Gasteiger partial charge in [-0.15, -0.1) is 0 Å². The lowest BCUT2D eigenvalue weighted by molar-refractivity contribution is 0.141. The van der Waals surface area contributed by atoms with Crippen molar-refractivity contribution in [2.45, 2.75) is 24.9 Å². The van der Waals surface area contributed by atoms with E-state index in [1.54, 1.807) is 18.3 Å². The lowest BCUT2D eigenvalue weighted by atomic mass is 10.0. The van der Waals surface area contributed by atoms with Crippen molar-refractivity contribution < 1.29 is 5.11 Å². The fourth-order valence-electron chi connectivity index (χ4n) is 4.31. The molecule has 1 aliphatic carbocycles. The van der Waals surface area contributed by atoms with E-state index in [1.165, 1.54) is 18.4 Å². The van der Waals surface area contributed by atoms with Crippen LogP contribution in [0.15, 0.2) is 60.9 Å². The Labute approximate surface area is 191 Å². The van der Waals surface area contributed by atoms with Crippen molar-refractivity contribution in [3.63, 3.8) is 0 Å². The molecule has 0 radical (unpaired) electrons. The fourth-order valence-corrected chi connectivity index (χ4v) is 4.31. The predicted molar refractivity (Wildman–Crippen MR) is 127 cm³/mol. The van der Waals surface area contributed by atoms with Gasteiger partial charge < -0.3 is 15.3 Å². The average Bonchev–Trinajstić information content (AvgIpc) is 3.67. The summed E-state index contributed by atoms with van der Waals surface area (Å²) in [5.74, 6) is 2.77. The van der Waals surface area contributed by atoms with Crippen LogP contribution < -0.4 is 10.2 Å². The molecule has 2 fully saturated rings. The topological polar surface area (TPSA) is 98.0 Å². The Balaban J connectivity index is 1.41. The Morgan fingerprint density at radius 2 is 1.82 bits per heavy atom. The number of aliphatic hydroxyl groups excluding tert-OH is 1. The van der Waals surface area contributed by atoms with Crippen LogP contribution in [0.1, 0.15) is 29.9 Å². The molecule has 7 nitrogen and oxygen atoms in total. The van der Waals surface area contributed by atoms with Gasteiger partial charge in [0, 0.05) is 36.4 Å². The number of hydrogen-bond donors (Lipinski definition) is 2. The molecule has 1 aromatic carbocycles. The van der Waals surface area contributed by atoms with E-state index in [9.17, 15) is 10.4 Å². The van der Waals surface area contributed by atoms with Gasteiger partial charge in [0.15, 0.2) is 0 Å². The van der Waals surface area contributed by atoms with E-state index in [1.807, 2.05) is 12.3 Å². The van der Waals surface area contributed by atoms with Crippen LogP contribution in [0.25, 0.3) is 22.0 Å². The Morgan fingerprint density at radius 1 is 0.970 bits per heavy atom. The van der Waals surface area contributed by atoms with Crippen LogP contribution >= 0.6 is 0 Å². The summed E-state index contributed by atoms with van der Waals surface area (Å²) in [5, 5.41) is 24.4. The maximum Gasteiger partial charge on any atom is 0.136 e. The van der Waals surface area contributed by atoms with Crippen LogP contribution in [-0.2, 0) is 0 Å². The van der Waals surface area contributed by atoms with Crippen LogP contribution in [0.4, 0.5) is 17.5 Å². The van der Waals surface area contributed by atoms with Gasteiger partial charge in [-0.25, -0.2) is 15.0 Å². The van der Waals surface area contributed by atoms with Crippen molar-refractivity contribution in [1.29, 1.82) is 5.26 Å². The van der Waals surface area contributed by atoms with E-state index in [-0.39, 0.29) is 6.10 Å². The van der Waals surface area contributed by atoms with Crippen LogP contribution in [0, 0.1) is 11.3 Å². The summed E-state index contributed by atoms with van der Waals surface area (Å²) in [4.78, 5) is 15.9. The summed E-state index contributed by atoms with van der Waals surface area (Å²) in [6.45, 7) is 1.21. The van der Waals surface area contributed by atoms with Crippen molar-refractivity contribution >= 4 is 28.2 Å². The number of benzene rings is 1. The van der Waals surface area contributed by atoms with Crippen molar-refractivity contribution in [3.8, 4) is 17.3 Å². The Kier molecular flexibility index (Phi) is 4.67. The lowest BCUT2D eigenvalue weighted by Gasteiger charge is -2.37. The molecule has 3 aromatic heterocycles. The van der Waals surface area contributed by atoms with Crippen LogP contribution in [-0.4, -0.2) is 39.3 Å². The molecule has 0 bridgehead atoms. The van der Waals surface area contributed by atoms with Gasteiger partial charge in [-0.2, -0.15) is 5.26 Å². The third-order valence-electron chi connectivity index (χ3n) is 6.24. The standard InChI is InChI=1S/C26H22N6O/c27-13-16-5-7-28-24(9-16)31-25-12-20(17-1-2-17)11-23(30-25)19-4-3-18-6-8-29-26(22(18)10-19)32-14-21(33)15-32/h3-12,17,21,33H,1-2,14-15H2,(H,28,30,31). The molecule has 0 spiro atoms. The summed E-state index contributed by atoms with van der Waals surface area (Å²) < 4.78 is 0. The number of aliphatic hydroxyl groups is 1. The molecule has 6 rings (SSSR count). The summed E-state index contributed by atoms with van der Waals surface area (Å²) in [7, 11) is 0. The van der Waals surface area contributed by atoms with Gasteiger partial charge in [-0.05, 0) is 66.1 Å². The van der Waals surface area contributed by atoms with Crippen molar-refractivity contribution in [2.24, 2.45) is 0 Å². The van der Waals surface area contributed by atoms with Crippen molar-refractivity contribution in [1.82, 2.24) is 15.0 Å². The van der Waals surface area contributed by atoms with E-state index >= 15 is 0 Å². The van der Waals surface area contributed by atoms with Gasteiger partial charge in [0.05, 0.1) is 23.4 Å². The van der Waals surface area contributed by atoms with Crippen LogP contribution in [0.2, 0.25) is 0 Å². The number of β-amino-alcohol motifs (C(OH)–C–C–N with tert-alkyl or cyclic N) is 1. The first-order chi connectivity index (χ1) is 16.2. The molecule has 2 N–H and O–H groups in total. The van der Waals surface area contributed by atoms with Gasteiger partial charge in [0.1, 0.15) is 17.5 Å². The van der Waals surface area contributed by atoms with Crippen molar-refractivity contribution in [3.05, 3.63) is 72.1 Å². The first-order valence-corrected chi connectivity index (χ1v) is 11.1. The van der Waals surface area contributed by atoms with E-state index < -0.39 is 0 Å². The molecular weight excluding hydrogens is 412 g/mol. The van der Waals surface area contributed by atoms with Crippen molar-refractivity contribution in [2.75, 3.05) is 23.3 Å². The third kappa shape index (κ3) is 3.86. The summed E-state index contributed by atoms with van der Waals surface area (Å²) in [5.41, 5.74) is 3.72. The second-order valence-electron chi connectivity index (χ2n) is 8.74. The quantitative estimate of drug-likeness (QED) is 0.481. The van der Waals surface area contributed by atoms with Gasteiger partial charge in [-0.3, -0.25) is 0 Å². The summed E-state index contributed by atoms with van der Waals surface area (Å²) >= 11 is 0. The highest BCUT2D eigenvalue weighted by Crippen LogP contribution is 2.42. The highest BCUT2D eigenvalue weighted by Gasteiger charge is 2.27. The van der Waals surface area contributed by atoms with E-state index in [4.69, 9.17) is 4.98 Å². The minimum Gasteiger partial charge on any atom is -0.389 e. The maximum absolute atomic E-state index is 9.75. The zero-order valence-corrected chi connectivity index (χ0v) is 17.9. The second-order valence-corrected chi connectivity index (χ2v) is 8.74. The first kappa shape index (κ1) is 19.6. The SMILES string of the molecule is N#Cc1ccnc(Nc2cc(C3CC3)cc(-c3ccc4ccnc(N5CC(O)C5)c4c3)n2)c1. The normalized spacial score (nSPS) is 15.8. The smallest absolute Gasteiger partial charge is 0.136 e. The molecule has 1 saturated carbocycles. The van der Waals surface area contributed by atoms with Crippen LogP contribution in [0.3, 0.4) is 0 Å². The molecule has 1 saturated heterocycles. The predicted octanol–water partition coefficient (Wildman–Crippen LogP) is 4.37. The lowest BCUT2D eigenvalue weighted by Crippen LogP contribution is -2.51. The maximum atomic E-state index is 9.75. The molecule has 0 unspecified atom stereocenters. The Hall–Kier alpha value is -4.02. The molecule has 33 heavy (non-hydrogen) atoms. The molecule has 7 heteroatoms. The zero-order valence-electron chi connectivity index (χ0n) is 17.9. The minimum absolute atomic E-state index is 0.288. The number of fused-ring (bicyclic) bond motifs is 1. The Morgan fingerprint density at radius 3 is 2.61 bits per heavy atom. The van der Waals surface area contributed by atoms with E-state index in [0.29, 0.717) is 30.4 Å². The van der Waals surface area contributed by atoms with Gasteiger partial charge in [0.2, 0.25) is 0 Å². The van der Waals surface area contributed by atoms with E-state index in [0.717, 1.165) is 33.7 Å². The monoisotopic (exact) mass is 434 g/mol. The molecule has 0 atom stereocenters. The van der Waals surface area contributed by atoms with Gasteiger partial charge in [-0.1, -0.05) is 12.1 Å².